The van der Waals surface area contributed by atoms with Crippen LogP contribution in [0, 0.1) is 20.2 Å². The molecule has 13 heteroatoms. The molecule has 0 bridgehead atoms. The van der Waals surface area contributed by atoms with Gasteiger partial charge in [-0.25, -0.2) is 9.97 Å². The molecule has 0 aliphatic rings. The summed E-state index contributed by atoms with van der Waals surface area (Å²) >= 11 is 5.70. The molecule has 1 aromatic heterocycles. The zero-order valence-corrected chi connectivity index (χ0v) is 14.9. The summed E-state index contributed by atoms with van der Waals surface area (Å²) < 4.78 is 0. The van der Waals surface area contributed by atoms with Crippen LogP contribution in [0.3, 0.4) is 0 Å². The van der Waals surface area contributed by atoms with Gasteiger partial charge in [0.05, 0.1) is 9.85 Å². The molecule has 0 radical (unpaired) electrons. The Bertz CT molecular complexity index is 905. The summed E-state index contributed by atoms with van der Waals surface area (Å²) in [6.07, 6.45) is 1.08. The molecular formula is C14H14ClN7O5. The van der Waals surface area contributed by atoms with Crippen molar-refractivity contribution in [2.24, 2.45) is 0 Å². The Labute approximate surface area is 157 Å². The zero-order chi connectivity index (χ0) is 20.1. The summed E-state index contributed by atoms with van der Waals surface area (Å²) in [5, 5.41) is 24.9. The highest BCUT2D eigenvalue weighted by molar-refractivity contribution is 6.32. The fourth-order valence-corrected chi connectivity index (χ4v) is 2.19. The van der Waals surface area contributed by atoms with E-state index >= 15 is 0 Å². The van der Waals surface area contributed by atoms with Crippen LogP contribution in [0.4, 0.5) is 23.0 Å². The SMILES string of the molecule is CC(C)Nc1ncnc(NNC(=O)c2ccc(Cl)c([N+](=O)[O-])c2)c1[N+](=O)[O-]. The van der Waals surface area contributed by atoms with Crippen molar-refractivity contribution >= 4 is 40.5 Å². The first kappa shape index (κ1) is 19.8. The summed E-state index contributed by atoms with van der Waals surface area (Å²) in [5.74, 6) is -1.06. The normalized spacial score (nSPS) is 10.4. The van der Waals surface area contributed by atoms with Crippen LogP contribution in [-0.2, 0) is 0 Å². The van der Waals surface area contributed by atoms with E-state index in [0.29, 0.717) is 0 Å². The summed E-state index contributed by atoms with van der Waals surface area (Å²) in [4.78, 5) is 40.5. The van der Waals surface area contributed by atoms with Gasteiger partial charge in [-0.2, -0.15) is 0 Å². The Hall–Kier alpha value is -3.54. The Kier molecular flexibility index (Phi) is 6.03. The topological polar surface area (TPSA) is 165 Å². The van der Waals surface area contributed by atoms with E-state index in [2.05, 4.69) is 26.1 Å². The number of nitro groups is 2. The predicted octanol–water partition coefficient (Wildman–Crippen LogP) is 2.52. The maximum absolute atomic E-state index is 12.2. The third kappa shape index (κ3) is 4.76. The van der Waals surface area contributed by atoms with Gasteiger partial charge < -0.3 is 5.32 Å². The van der Waals surface area contributed by atoms with Gasteiger partial charge in [0.2, 0.25) is 11.6 Å². The number of halogens is 1. The maximum Gasteiger partial charge on any atom is 0.354 e. The van der Waals surface area contributed by atoms with Crippen molar-refractivity contribution in [2.75, 3.05) is 10.7 Å². The Balaban J connectivity index is 2.24. The van der Waals surface area contributed by atoms with E-state index in [-0.39, 0.29) is 28.3 Å². The molecule has 0 aliphatic carbocycles. The predicted molar refractivity (Wildman–Crippen MR) is 96.6 cm³/mol. The van der Waals surface area contributed by atoms with Gasteiger partial charge in [-0.3, -0.25) is 35.9 Å². The number of hydrogen-bond acceptors (Lipinski definition) is 9. The van der Waals surface area contributed by atoms with Gasteiger partial charge in [0.25, 0.3) is 11.6 Å². The number of amides is 1. The van der Waals surface area contributed by atoms with Crippen LogP contribution in [-0.4, -0.2) is 31.8 Å². The van der Waals surface area contributed by atoms with Crippen molar-refractivity contribution in [2.45, 2.75) is 19.9 Å². The molecule has 0 aliphatic heterocycles. The van der Waals surface area contributed by atoms with Crippen LogP contribution >= 0.6 is 11.6 Å². The highest BCUT2D eigenvalue weighted by Crippen LogP contribution is 2.29. The zero-order valence-electron chi connectivity index (χ0n) is 14.1. The van der Waals surface area contributed by atoms with Crippen molar-refractivity contribution in [3.05, 3.63) is 55.3 Å². The number of hydrogen-bond donors (Lipinski definition) is 3. The number of anilines is 2. The molecule has 0 saturated heterocycles. The minimum Gasteiger partial charge on any atom is -0.362 e. The van der Waals surface area contributed by atoms with E-state index in [9.17, 15) is 25.0 Å². The van der Waals surface area contributed by atoms with Crippen LogP contribution in [0.5, 0.6) is 0 Å². The molecule has 27 heavy (non-hydrogen) atoms. The average molecular weight is 396 g/mol. The highest BCUT2D eigenvalue weighted by Gasteiger charge is 2.24. The van der Waals surface area contributed by atoms with Crippen molar-refractivity contribution in [1.29, 1.82) is 0 Å². The number of nitrogens with one attached hydrogen (secondary N) is 3. The monoisotopic (exact) mass is 395 g/mol. The quantitative estimate of drug-likeness (QED) is 0.471. The summed E-state index contributed by atoms with van der Waals surface area (Å²) in [5.41, 5.74) is 3.55. The lowest BCUT2D eigenvalue weighted by molar-refractivity contribution is -0.384. The summed E-state index contributed by atoms with van der Waals surface area (Å²) in [6, 6.07) is 3.33. The Morgan fingerprint density at radius 3 is 2.41 bits per heavy atom. The van der Waals surface area contributed by atoms with E-state index in [4.69, 9.17) is 11.6 Å². The molecule has 2 rings (SSSR count). The molecule has 0 unspecified atom stereocenters. The summed E-state index contributed by atoms with van der Waals surface area (Å²) in [7, 11) is 0. The first-order valence-corrected chi connectivity index (χ1v) is 7.84. The number of aromatic nitrogens is 2. The van der Waals surface area contributed by atoms with Gasteiger partial charge in [-0.05, 0) is 26.0 Å². The molecule has 0 saturated carbocycles. The minimum absolute atomic E-state index is 0.0242. The molecule has 0 atom stereocenters. The molecule has 12 nitrogen and oxygen atoms in total. The van der Waals surface area contributed by atoms with Gasteiger partial charge in [0.15, 0.2) is 0 Å². The number of rotatable bonds is 7. The fourth-order valence-electron chi connectivity index (χ4n) is 2.00. The molecule has 1 aromatic carbocycles. The van der Waals surface area contributed by atoms with Gasteiger partial charge in [-0.1, -0.05) is 11.6 Å². The lowest BCUT2D eigenvalue weighted by Gasteiger charge is -2.12. The molecule has 1 heterocycles. The van der Waals surface area contributed by atoms with Crippen molar-refractivity contribution in [1.82, 2.24) is 15.4 Å². The molecule has 3 N–H and O–H groups in total. The maximum atomic E-state index is 12.2. The van der Waals surface area contributed by atoms with Gasteiger partial charge in [-0.15, -0.1) is 0 Å². The van der Waals surface area contributed by atoms with Crippen LogP contribution in [0.25, 0.3) is 0 Å². The van der Waals surface area contributed by atoms with Crippen LogP contribution in [0.1, 0.15) is 24.2 Å². The van der Waals surface area contributed by atoms with Crippen molar-refractivity contribution in [3.8, 4) is 0 Å². The highest BCUT2D eigenvalue weighted by atomic mass is 35.5. The largest absolute Gasteiger partial charge is 0.362 e. The first-order chi connectivity index (χ1) is 12.7. The number of carbonyl (C=O) groups excluding carboxylic acids is 1. The molecular weight excluding hydrogens is 382 g/mol. The minimum atomic E-state index is -0.777. The number of nitrogens with zero attached hydrogens (tertiary/aromatic N) is 4. The van der Waals surface area contributed by atoms with Crippen LogP contribution < -0.4 is 16.2 Å². The number of hydrazine groups is 1. The first-order valence-electron chi connectivity index (χ1n) is 7.47. The second-order valence-electron chi connectivity index (χ2n) is 5.48. The Morgan fingerprint density at radius 2 is 1.81 bits per heavy atom. The van der Waals surface area contributed by atoms with Crippen molar-refractivity contribution in [3.63, 3.8) is 0 Å². The second kappa shape index (κ2) is 8.23. The standard InChI is InChI=1S/C14H14ClN7O5/c1-7(2)18-12-11(22(26)27)13(17-6-16-12)19-20-14(23)8-3-4-9(15)10(5-8)21(24)25/h3-7H,1-2H3,(H,20,23)(H2,16,17,18,19). The van der Waals surface area contributed by atoms with Gasteiger partial charge >= 0.3 is 5.69 Å². The molecule has 1 amide bonds. The smallest absolute Gasteiger partial charge is 0.354 e. The van der Waals surface area contributed by atoms with E-state index in [0.717, 1.165) is 12.4 Å². The molecule has 2 aromatic rings. The van der Waals surface area contributed by atoms with Gasteiger partial charge in [0.1, 0.15) is 11.3 Å². The average Bonchev–Trinajstić information content (AvgIpc) is 2.59. The second-order valence-corrected chi connectivity index (χ2v) is 5.89. The lowest BCUT2D eigenvalue weighted by atomic mass is 10.2. The number of nitro benzene ring substituents is 1. The number of benzene rings is 1. The summed E-state index contributed by atoms with van der Waals surface area (Å²) in [6.45, 7) is 3.54. The molecule has 0 fully saturated rings. The van der Waals surface area contributed by atoms with Crippen LogP contribution in [0.15, 0.2) is 24.5 Å². The molecule has 0 spiro atoms. The van der Waals surface area contributed by atoms with Crippen LogP contribution in [0.2, 0.25) is 5.02 Å². The van der Waals surface area contributed by atoms with E-state index < -0.39 is 27.1 Å². The third-order valence-corrected chi connectivity index (χ3v) is 3.45. The lowest BCUT2D eigenvalue weighted by Crippen LogP contribution is -2.30. The van der Waals surface area contributed by atoms with Crippen molar-refractivity contribution < 1.29 is 14.6 Å². The van der Waals surface area contributed by atoms with E-state index in [1.165, 1.54) is 12.1 Å². The van der Waals surface area contributed by atoms with Gasteiger partial charge in [0, 0.05) is 17.7 Å². The number of carbonyl (C=O) groups is 1. The van der Waals surface area contributed by atoms with E-state index in [1.54, 1.807) is 13.8 Å². The molecule has 142 valence electrons. The fraction of sp³-hybridized carbons (Fsp3) is 0.214. The third-order valence-electron chi connectivity index (χ3n) is 3.13. The van der Waals surface area contributed by atoms with E-state index in [1.807, 2.05) is 0 Å². The Morgan fingerprint density at radius 1 is 1.15 bits per heavy atom.